The van der Waals surface area contributed by atoms with Crippen LogP contribution in [-0.2, 0) is 11.2 Å². The predicted octanol–water partition coefficient (Wildman–Crippen LogP) is 2.18. The first-order valence-corrected chi connectivity index (χ1v) is 6.57. The second-order valence-corrected chi connectivity index (χ2v) is 4.94. The zero-order chi connectivity index (χ0) is 12.7. The Labute approximate surface area is 110 Å². The molecule has 1 atom stereocenters. The first kappa shape index (κ1) is 11.0. The van der Waals surface area contributed by atoms with E-state index in [2.05, 4.69) is 16.2 Å². The van der Waals surface area contributed by atoms with Crippen LogP contribution in [0.1, 0.15) is 23.7 Å². The highest BCUT2D eigenvalue weighted by Gasteiger charge is 2.24. The number of benzene rings is 1. The average molecular weight is 258 g/mol. The molecule has 1 saturated heterocycles. The molecule has 5 nitrogen and oxygen atoms in total. The summed E-state index contributed by atoms with van der Waals surface area (Å²) in [6.45, 7) is 2.23. The number of ether oxygens (including phenoxy) is 2. The van der Waals surface area contributed by atoms with E-state index in [1.807, 2.05) is 12.1 Å². The van der Waals surface area contributed by atoms with Crippen LogP contribution in [-0.4, -0.2) is 30.0 Å². The highest BCUT2D eigenvalue weighted by atomic mass is 16.5. The molecule has 98 valence electrons. The van der Waals surface area contributed by atoms with Crippen LogP contribution < -0.4 is 4.74 Å². The molecule has 0 aliphatic carbocycles. The quantitative estimate of drug-likeness (QED) is 0.826. The van der Waals surface area contributed by atoms with Crippen molar-refractivity contribution in [1.82, 2.24) is 10.1 Å². The summed E-state index contributed by atoms with van der Waals surface area (Å²) in [6, 6.07) is 6.01. The lowest BCUT2D eigenvalue weighted by Crippen LogP contribution is -1.99. The Morgan fingerprint density at radius 2 is 2.21 bits per heavy atom. The maximum Gasteiger partial charge on any atom is 0.257 e. The predicted molar refractivity (Wildman–Crippen MR) is 67.1 cm³/mol. The Kier molecular flexibility index (Phi) is 2.51. The molecule has 4 rings (SSSR count). The summed E-state index contributed by atoms with van der Waals surface area (Å²) in [6.07, 6.45) is 1.91. The number of rotatable bonds is 2. The van der Waals surface area contributed by atoms with Crippen LogP contribution >= 0.6 is 0 Å². The molecule has 0 bridgehead atoms. The highest BCUT2D eigenvalue weighted by molar-refractivity contribution is 5.58. The van der Waals surface area contributed by atoms with Crippen molar-refractivity contribution in [3.05, 3.63) is 29.6 Å². The molecular weight excluding hydrogens is 244 g/mol. The second kappa shape index (κ2) is 4.35. The van der Waals surface area contributed by atoms with Crippen molar-refractivity contribution in [2.45, 2.75) is 18.8 Å². The first-order chi connectivity index (χ1) is 9.40. The van der Waals surface area contributed by atoms with Gasteiger partial charge in [-0.1, -0.05) is 5.16 Å². The molecule has 3 heterocycles. The van der Waals surface area contributed by atoms with E-state index in [0.717, 1.165) is 43.2 Å². The summed E-state index contributed by atoms with van der Waals surface area (Å²) < 4.78 is 16.2. The van der Waals surface area contributed by atoms with Crippen LogP contribution in [0.2, 0.25) is 0 Å². The maximum atomic E-state index is 5.49. The molecule has 2 aliphatic heterocycles. The number of aromatic nitrogens is 2. The van der Waals surface area contributed by atoms with Gasteiger partial charge in [0.15, 0.2) is 5.82 Å². The fourth-order valence-electron chi connectivity index (χ4n) is 2.58. The lowest BCUT2D eigenvalue weighted by molar-refractivity contribution is 0.192. The Morgan fingerprint density at radius 1 is 1.21 bits per heavy atom. The van der Waals surface area contributed by atoms with Crippen LogP contribution in [0.25, 0.3) is 11.5 Å². The number of nitrogens with zero attached hydrogens (tertiary/aromatic N) is 2. The van der Waals surface area contributed by atoms with E-state index < -0.39 is 0 Å². The third kappa shape index (κ3) is 1.90. The average Bonchev–Trinajstić information content (AvgIpc) is 3.18. The van der Waals surface area contributed by atoms with Gasteiger partial charge in [-0.3, -0.25) is 0 Å². The topological polar surface area (TPSA) is 57.4 Å². The van der Waals surface area contributed by atoms with Crippen molar-refractivity contribution < 1.29 is 14.0 Å². The molecule has 0 amide bonds. The van der Waals surface area contributed by atoms with Crippen molar-refractivity contribution in [2.24, 2.45) is 0 Å². The van der Waals surface area contributed by atoms with Gasteiger partial charge in [0.1, 0.15) is 5.75 Å². The van der Waals surface area contributed by atoms with E-state index in [-0.39, 0.29) is 5.92 Å². The Bertz CT molecular complexity index is 602. The summed E-state index contributed by atoms with van der Waals surface area (Å²) in [5, 5.41) is 4.07. The van der Waals surface area contributed by atoms with Crippen molar-refractivity contribution in [2.75, 3.05) is 19.8 Å². The summed E-state index contributed by atoms with van der Waals surface area (Å²) in [4.78, 5) is 4.49. The van der Waals surface area contributed by atoms with E-state index in [1.165, 1.54) is 5.56 Å². The van der Waals surface area contributed by atoms with E-state index >= 15 is 0 Å². The Morgan fingerprint density at radius 3 is 3.11 bits per heavy atom. The van der Waals surface area contributed by atoms with E-state index in [1.54, 1.807) is 0 Å². The molecule has 0 N–H and O–H groups in total. The van der Waals surface area contributed by atoms with Crippen molar-refractivity contribution in [1.29, 1.82) is 0 Å². The van der Waals surface area contributed by atoms with Gasteiger partial charge in [-0.05, 0) is 30.2 Å². The number of hydrogen-bond donors (Lipinski definition) is 0. The van der Waals surface area contributed by atoms with Crippen molar-refractivity contribution >= 4 is 0 Å². The summed E-state index contributed by atoms with van der Waals surface area (Å²) >= 11 is 0. The van der Waals surface area contributed by atoms with E-state index in [4.69, 9.17) is 14.0 Å². The third-order valence-electron chi connectivity index (χ3n) is 3.67. The fraction of sp³-hybridized carbons (Fsp3) is 0.429. The molecular formula is C14H14N2O3. The van der Waals surface area contributed by atoms with Crippen LogP contribution in [0.5, 0.6) is 5.75 Å². The molecule has 0 radical (unpaired) electrons. The van der Waals surface area contributed by atoms with E-state index in [9.17, 15) is 0 Å². The zero-order valence-electron chi connectivity index (χ0n) is 10.5. The lowest BCUT2D eigenvalue weighted by atomic mass is 10.1. The molecule has 1 aromatic heterocycles. The Balaban J connectivity index is 1.65. The van der Waals surface area contributed by atoms with Gasteiger partial charge in [-0.25, -0.2) is 0 Å². The molecule has 0 saturated carbocycles. The second-order valence-electron chi connectivity index (χ2n) is 4.94. The van der Waals surface area contributed by atoms with Gasteiger partial charge in [-0.15, -0.1) is 0 Å². The van der Waals surface area contributed by atoms with Crippen LogP contribution in [0.15, 0.2) is 22.7 Å². The summed E-state index contributed by atoms with van der Waals surface area (Å²) in [7, 11) is 0. The molecule has 0 spiro atoms. The van der Waals surface area contributed by atoms with E-state index in [0.29, 0.717) is 12.5 Å². The maximum absolute atomic E-state index is 5.49. The molecule has 1 fully saturated rings. The molecule has 19 heavy (non-hydrogen) atoms. The highest BCUT2D eigenvalue weighted by Crippen LogP contribution is 2.31. The first-order valence-electron chi connectivity index (χ1n) is 6.57. The monoisotopic (exact) mass is 258 g/mol. The number of fused-ring (bicyclic) bond motifs is 1. The van der Waals surface area contributed by atoms with Crippen LogP contribution in [0.4, 0.5) is 0 Å². The van der Waals surface area contributed by atoms with Gasteiger partial charge >= 0.3 is 0 Å². The minimum Gasteiger partial charge on any atom is -0.493 e. The third-order valence-corrected chi connectivity index (χ3v) is 3.67. The van der Waals surface area contributed by atoms with Gasteiger partial charge < -0.3 is 14.0 Å². The van der Waals surface area contributed by atoms with Gasteiger partial charge in [0, 0.05) is 24.5 Å². The van der Waals surface area contributed by atoms with Gasteiger partial charge in [0.2, 0.25) is 0 Å². The SMILES string of the molecule is c1cc2c(cc1-c1nc([C@@H]3CCOC3)no1)CCO2. The smallest absolute Gasteiger partial charge is 0.257 e. The summed E-state index contributed by atoms with van der Waals surface area (Å²) in [5.74, 6) is 2.57. The summed E-state index contributed by atoms with van der Waals surface area (Å²) in [5.41, 5.74) is 2.17. The standard InChI is InChI=1S/C14H14N2O3/c1-2-12-9(4-6-18-12)7-10(1)14-15-13(16-19-14)11-3-5-17-8-11/h1-2,7,11H,3-6,8H2/t11-/m1/s1. The van der Waals surface area contributed by atoms with Gasteiger partial charge in [-0.2, -0.15) is 4.98 Å². The molecule has 2 aromatic rings. The minimum atomic E-state index is 0.273. The van der Waals surface area contributed by atoms with Crippen molar-refractivity contribution in [3.63, 3.8) is 0 Å². The van der Waals surface area contributed by atoms with Gasteiger partial charge in [0.05, 0.1) is 13.2 Å². The lowest BCUT2D eigenvalue weighted by Gasteiger charge is -2.00. The number of hydrogen-bond acceptors (Lipinski definition) is 5. The normalized spacial score (nSPS) is 21.4. The van der Waals surface area contributed by atoms with Crippen molar-refractivity contribution in [3.8, 4) is 17.2 Å². The minimum absolute atomic E-state index is 0.273. The Hall–Kier alpha value is -1.88. The molecule has 1 aromatic carbocycles. The molecule has 5 heteroatoms. The zero-order valence-corrected chi connectivity index (χ0v) is 10.5. The van der Waals surface area contributed by atoms with Crippen LogP contribution in [0, 0.1) is 0 Å². The molecule has 2 aliphatic rings. The largest absolute Gasteiger partial charge is 0.493 e. The van der Waals surface area contributed by atoms with Crippen LogP contribution in [0.3, 0.4) is 0 Å². The van der Waals surface area contributed by atoms with Gasteiger partial charge in [0.25, 0.3) is 5.89 Å². The molecule has 0 unspecified atom stereocenters. The fourth-order valence-corrected chi connectivity index (χ4v) is 2.58.